The molecule has 11 heteroatoms. The van der Waals surface area contributed by atoms with Crippen molar-refractivity contribution in [1.29, 1.82) is 0 Å². The minimum atomic E-state index is -1.11. The van der Waals surface area contributed by atoms with Crippen molar-refractivity contribution in [2.75, 3.05) is 10.3 Å². The Morgan fingerprint density at radius 2 is 1.97 bits per heavy atom. The Labute approximate surface area is 170 Å². The van der Waals surface area contributed by atoms with Crippen LogP contribution in [0.25, 0.3) is 11.2 Å². The van der Waals surface area contributed by atoms with E-state index in [-0.39, 0.29) is 30.3 Å². The molecule has 2 amide bonds. The van der Waals surface area contributed by atoms with E-state index in [9.17, 15) is 14.4 Å². The topological polar surface area (TPSA) is 143 Å². The quantitative estimate of drug-likeness (QED) is 0.609. The monoisotopic (exact) mass is 407 g/mol. The number of nitrogens with zero attached hydrogens (tertiary/aromatic N) is 5. The van der Waals surface area contributed by atoms with E-state index < -0.39 is 18.0 Å². The van der Waals surface area contributed by atoms with Crippen LogP contribution in [0.5, 0.6) is 0 Å². The van der Waals surface area contributed by atoms with Gasteiger partial charge in [-0.1, -0.05) is 18.2 Å². The number of H-pyrrole nitrogens is 1. The molecule has 1 aliphatic heterocycles. The predicted octanol–water partition coefficient (Wildman–Crippen LogP) is 1.41. The molecule has 0 fully saturated rings. The lowest BCUT2D eigenvalue weighted by atomic mass is 10.1. The van der Waals surface area contributed by atoms with Crippen molar-refractivity contribution in [3.63, 3.8) is 0 Å². The Morgan fingerprint density at radius 3 is 2.77 bits per heavy atom. The second kappa shape index (κ2) is 8.07. The summed E-state index contributed by atoms with van der Waals surface area (Å²) in [7, 11) is 0. The fraction of sp³-hybridized carbons (Fsp3) is 0.211. The number of benzene rings is 1. The van der Waals surface area contributed by atoms with Crippen molar-refractivity contribution >= 4 is 46.2 Å². The van der Waals surface area contributed by atoms with Crippen LogP contribution in [0.1, 0.15) is 19.8 Å². The number of amides is 2. The van der Waals surface area contributed by atoms with Crippen LogP contribution in [0.4, 0.5) is 11.5 Å². The Morgan fingerprint density at radius 1 is 1.17 bits per heavy atom. The number of anilines is 2. The molecule has 4 rings (SSSR count). The average Bonchev–Trinajstić information content (AvgIpc) is 3.24. The molecular weight excluding hydrogens is 390 g/mol. The maximum atomic E-state index is 12.5. The number of carbonyl (C=O) groups is 3. The lowest BCUT2D eigenvalue weighted by Gasteiger charge is -2.23. The second-order valence-electron chi connectivity index (χ2n) is 6.45. The predicted molar refractivity (Wildman–Crippen MR) is 106 cm³/mol. The van der Waals surface area contributed by atoms with E-state index in [4.69, 9.17) is 4.74 Å². The summed E-state index contributed by atoms with van der Waals surface area (Å²) in [5, 5.41) is 7.87. The first-order valence-electron chi connectivity index (χ1n) is 9.14. The molecule has 1 unspecified atom stereocenters. The fourth-order valence-electron chi connectivity index (χ4n) is 2.83. The third-order valence-corrected chi connectivity index (χ3v) is 4.39. The maximum absolute atomic E-state index is 12.5. The summed E-state index contributed by atoms with van der Waals surface area (Å²) in [6, 6.07) is 8.76. The van der Waals surface area contributed by atoms with Gasteiger partial charge in [0.15, 0.2) is 17.6 Å². The highest BCUT2D eigenvalue weighted by molar-refractivity contribution is 6.38. The molecule has 2 N–H and O–H groups in total. The van der Waals surface area contributed by atoms with Crippen molar-refractivity contribution < 1.29 is 19.1 Å². The molecule has 30 heavy (non-hydrogen) atoms. The summed E-state index contributed by atoms with van der Waals surface area (Å²) in [6.45, 7) is 1.43. The number of hydrogen-bond acceptors (Lipinski definition) is 8. The highest BCUT2D eigenvalue weighted by Gasteiger charge is 2.29. The van der Waals surface area contributed by atoms with Gasteiger partial charge in [0.05, 0.1) is 12.0 Å². The van der Waals surface area contributed by atoms with Crippen molar-refractivity contribution in [2.24, 2.45) is 5.10 Å². The third kappa shape index (κ3) is 3.85. The van der Waals surface area contributed by atoms with Crippen LogP contribution in [0.15, 0.2) is 48.1 Å². The summed E-state index contributed by atoms with van der Waals surface area (Å²) in [5.41, 5.74) is 1.46. The molecular formula is C19H17N7O4. The van der Waals surface area contributed by atoms with Gasteiger partial charge in [-0.05, 0) is 19.1 Å². The summed E-state index contributed by atoms with van der Waals surface area (Å²) >= 11 is 0. The minimum absolute atomic E-state index is 0.0658. The molecule has 3 aromatic rings. The van der Waals surface area contributed by atoms with Crippen LogP contribution in [0.2, 0.25) is 0 Å². The Hall–Kier alpha value is -4.15. The van der Waals surface area contributed by atoms with E-state index in [0.717, 1.165) is 0 Å². The van der Waals surface area contributed by atoms with Crippen LogP contribution in [-0.4, -0.2) is 49.5 Å². The van der Waals surface area contributed by atoms with Gasteiger partial charge < -0.3 is 15.0 Å². The summed E-state index contributed by atoms with van der Waals surface area (Å²) < 4.78 is 5.25. The number of hydrazone groups is 1. The lowest BCUT2D eigenvalue weighted by molar-refractivity contribution is -0.146. The number of para-hydroxylation sites is 1. The SMILES string of the molecule is CC(OC(=O)C1=NN(c2ccccc2)C(=O)CC1)C(=O)Nc1ncnc2nc[nH]c12. The number of fused-ring (bicyclic) bond motifs is 1. The van der Waals surface area contributed by atoms with Gasteiger partial charge in [-0.25, -0.2) is 24.8 Å². The second-order valence-corrected chi connectivity index (χ2v) is 6.45. The number of nitrogens with one attached hydrogen (secondary N) is 2. The molecule has 0 radical (unpaired) electrons. The lowest BCUT2D eigenvalue weighted by Crippen LogP contribution is -2.37. The summed E-state index contributed by atoms with van der Waals surface area (Å²) in [6.07, 6.45) is 1.83. The van der Waals surface area contributed by atoms with E-state index in [1.807, 2.05) is 6.07 Å². The zero-order valence-corrected chi connectivity index (χ0v) is 15.9. The van der Waals surface area contributed by atoms with Crippen molar-refractivity contribution in [3.8, 4) is 0 Å². The number of hydrogen-bond donors (Lipinski definition) is 2. The Balaban J connectivity index is 1.44. The van der Waals surface area contributed by atoms with E-state index in [2.05, 4.69) is 30.4 Å². The Bertz CT molecular complexity index is 1140. The molecule has 11 nitrogen and oxygen atoms in total. The maximum Gasteiger partial charge on any atom is 0.355 e. The van der Waals surface area contributed by atoms with Gasteiger partial charge in [0.1, 0.15) is 17.6 Å². The largest absolute Gasteiger partial charge is 0.448 e. The van der Waals surface area contributed by atoms with E-state index in [0.29, 0.717) is 16.9 Å². The first-order chi connectivity index (χ1) is 14.5. The van der Waals surface area contributed by atoms with Crippen LogP contribution < -0.4 is 10.3 Å². The molecule has 0 spiro atoms. The molecule has 2 aromatic heterocycles. The molecule has 1 aromatic carbocycles. The smallest absolute Gasteiger partial charge is 0.355 e. The van der Waals surface area contributed by atoms with Gasteiger partial charge in [-0.15, -0.1) is 0 Å². The van der Waals surface area contributed by atoms with E-state index >= 15 is 0 Å². The first-order valence-corrected chi connectivity index (χ1v) is 9.14. The number of rotatable bonds is 5. The molecule has 1 aliphatic rings. The molecule has 0 saturated heterocycles. The fourth-order valence-corrected chi connectivity index (χ4v) is 2.83. The van der Waals surface area contributed by atoms with E-state index in [1.54, 1.807) is 24.3 Å². The zero-order valence-electron chi connectivity index (χ0n) is 15.9. The molecule has 0 aliphatic carbocycles. The van der Waals surface area contributed by atoms with Crippen molar-refractivity contribution in [3.05, 3.63) is 43.0 Å². The summed E-state index contributed by atoms with van der Waals surface area (Å²) in [5.74, 6) is -1.34. The normalized spacial score (nSPS) is 14.9. The van der Waals surface area contributed by atoms with Crippen molar-refractivity contribution in [2.45, 2.75) is 25.9 Å². The third-order valence-electron chi connectivity index (χ3n) is 4.39. The minimum Gasteiger partial charge on any atom is -0.448 e. The van der Waals surface area contributed by atoms with Gasteiger partial charge in [-0.3, -0.25) is 9.59 Å². The molecule has 0 bridgehead atoms. The standard InChI is InChI=1S/C19H17N7O4/c1-11(18(28)24-17-15-16(21-9-20-15)22-10-23-17)30-19(29)13-7-8-14(27)26(25-13)12-5-3-2-4-6-12/h2-6,9-11H,7-8H2,1H3,(H2,20,21,22,23,24,28). The van der Waals surface area contributed by atoms with Crippen LogP contribution in [0, 0.1) is 0 Å². The summed E-state index contributed by atoms with van der Waals surface area (Å²) in [4.78, 5) is 51.9. The van der Waals surface area contributed by atoms with Gasteiger partial charge >= 0.3 is 5.97 Å². The van der Waals surface area contributed by atoms with Gasteiger partial charge in [0, 0.05) is 12.8 Å². The number of carbonyl (C=O) groups excluding carboxylic acids is 3. The number of imidazole rings is 1. The highest BCUT2D eigenvalue weighted by Crippen LogP contribution is 2.20. The van der Waals surface area contributed by atoms with Gasteiger partial charge in [-0.2, -0.15) is 5.10 Å². The highest BCUT2D eigenvalue weighted by atomic mass is 16.5. The molecule has 3 heterocycles. The number of ether oxygens (including phenoxy) is 1. The van der Waals surface area contributed by atoms with Crippen LogP contribution in [0.3, 0.4) is 0 Å². The van der Waals surface area contributed by atoms with Gasteiger partial charge in [0.25, 0.3) is 5.91 Å². The number of esters is 1. The molecule has 1 atom stereocenters. The van der Waals surface area contributed by atoms with E-state index in [1.165, 1.54) is 24.6 Å². The number of aromatic nitrogens is 4. The van der Waals surface area contributed by atoms with Crippen molar-refractivity contribution in [1.82, 2.24) is 19.9 Å². The van der Waals surface area contributed by atoms with Crippen LogP contribution >= 0.6 is 0 Å². The average molecular weight is 407 g/mol. The zero-order chi connectivity index (χ0) is 21.1. The first kappa shape index (κ1) is 19.2. The Kier molecular flexibility index (Phi) is 5.16. The molecule has 152 valence electrons. The van der Waals surface area contributed by atoms with Gasteiger partial charge in [0.2, 0.25) is 5.91 Å². The molecule has 0 saturated carbocycles. The van der Waals surface area contributed by atoms with Crippen LogP contribution in [-0.2, 0) is 19.1 Å². The number of aromatic amines is 1.